The monoisotopic (exact) mass is 334 g/mol. The molecule has 0 aliphatic rings. The zero-order chi connectivity index (χ0) is 18.3. The Hall–Kier alpha value is -0.690. The Bertz CT molecular complexity index is 361. The lowest BCUT2D eigenvalue weighted by Crippen LogP contribution is -2.54. The molecule has 0 heterocycles. The first-order chi connectivity index (χ1) is 10.4. The molecule has 0 aromatic heterocycles. The number of carbonyl (C=O) groups is 1. The van der Waals surface area contributed by atoms with E-state index in [1.165, 1.54) is 0 Å². The second kappa shape index (κ2) is 8.97. The minimum atomic E-state index is -1.62. The van der Waals surface area contributed by atoms with Crippen molar-refractivity contribution in [1.82, 2.24) is 0 Å². The molecule has 0 amide bonds. The molecule has 138 valence electrons. The minimum Gasteiger partial charge on any atom is -0.479 e. The normalized spacial score (nSPS) is 16.9. The molecule has 0 aliphatic heterocycles. The highest BCUT2D eigenvalue weighted by Crippen LogP contribution is 2.31. The number of hydrogen-bond donors (Lipinski definition) is 1. The van der Waals surface area contributed by atoms with Crippen LogP contribution < -0.4 is 0 Å². The van der Waals surface area contributed by atoms with Gasteiger partial charge in [0.25, 0.3) is 0 Å². The molecule has 0 rings (SSSR count). The number of hydrogen-bond acceptors (Lipinski definition) is 5. The number of carboxylic acids is 1. The second-order valence-corrected chi connectivity index (χ2v) is 7.40. The number of rotatable bonds is 11. The number of aliphatic carboxylic acids is 1. The number of carboxylic acid groups (broad SMARTS) is 1. The van der Waals surface area contributed by atoms with E-state index in [9.17, 15) is 9.90 Å². The third-order valence-corrected chi connectivity index (χ3v) is 3.64. The zero-order valence-electron chi connectivity index (χ0n) is 15.9. The smallest absolute Gasteiger partial charge is 0.342 e. The van der Waals surface area contributed by atoms with Crippen LogP contribution in [0.4, 0.5) is 0 Å². The predicted octanol–water partition coefficient (Wildman–Crippen LogP) is 4.27. The molecule has 0 bridgehead atoms. The van der Waals surface area contributed by atoms with Crippen molar-refractivity contribution in [3.63, 3.8) is 0 Å². The van der Waals surface area contributed by atoms with Crippen LogP contribution in [0.15, 0.2) is 0 Å². The lowest BCUT2D eigenvalue weighted by atomic mass is 9.90. The quantitative estimate of drug-likeness (QED) is 0.449. The Morgan fingerprint density at radius 3 is 1.87 bits per heavy atom. The van der Waals surface area contributed by atoms with E-state index < -0.39 is 28.9 Å². The van der Waals surface area contributed by atoms with Crippen LogP contribution in [-0.2, 0) is 24.3 Å². The lowest BCUT2D eigenvalue weighted by Gasteiger charge is -2.37. The van der Waals surface area contributed by atoms with Gasteiger partial charge in [0.1, 0.15) is 6.10 Å². The van der Waals surface area contributed by atoms with Gasteiger partial charge in [-0.05, 0) is 53.9 Å². The topological polar surface area (TPSA) is 74.2 Å². The fraction of sp³-hybridized carbons (Fsp3) is 0.941. The molecule has 0 saturated carbocycles. The summed E-state index contributed by atoms with van der Waals surface area (Å²) >= 11 is 0. The van der Waals surface area contributed by atoms with E-state index in [0.717, 1.165) is 12.8 Å². The van der Waals surface area contributed by atoms with Gasteiger partial charge in [0.2, 0.25) is 5.60 Å². The molecule has 0 fully saturated rings. The van der Waals surface area contributed by atoms with Crippen molar-refractivity contribution in [2.75, 3.05) is 0 Å². The summed E-state index contributed by atoms with van der Waals surface area (Å²) in [6.07, 6.45) is 1.36. The van der Waals surface area contributed by atoms with E-state index in [1.807, 2.05) is 27.7 Å². The molecular formula is C17H34O6. The summed E-state index contributed by atoms with van der Waals surface area (Å²) in [6.45, 7) is 14.8. The molecule has 23 heavy (non-hydrogen) atoms. The third-order valence-electron chi connectivity index (χ3n) is 3.64. The zero-order valence-corrected chi connectivity index (χ0v) is 15.9. The first-order valence-corrected chi connectivity index (χ1v) is 8.38. The SMILES string of the molecule is CCCC(OOC(C)(C)CC)C(CC)(OOC(C)(C)C)C(=O)O. The average Bonchev–Trinajstić information content (AvgIpc) is 2.44. The van der Waals surface area contributed by atoms with E-state index in [1.54, 1.807) is 27.7 Å². The maximum absolute atomic E-state index is 11.9. The van der Waals surface area contributed by atoms with Crippen molar-refractivity contribution < 1.29 is 29.5 Å². The van der Waals surface area contributed by atoms with E-state index >= 15 is 0 Å². The highest BCUT2D eigenvalue weighted by atomic mass is 17.2. The van der Waals surface area contributed by atoms with Gasteiger partial charge in [-0.25, -0.2) is 24.3 Å². The highest BCUT2D eigenvalue weighted by Gasteiger charge is 2.50. The van der Waals surface area contributed by atoms with Crippen molar-refractivity contribution in [2.24, 2.45) is 0 Å². The van der Waals surface area contributed by atoms with Gasteiger partial charge in [-0.15, -0.1) is 0 Å². The Morgan fingerprint density at radius 2 is 1.52 bits per heavy atom. The average molecular weight is 334 g/mol. The van der Waals surface area contributed by atoms with Crippen molar-refractivity contribution in [1.29, 1.82) is 0 Å². The summed E-state index contributed by atoms with van der Waals surface area (Å²) in [5, 5.41) is 9.76. The van der Waals surface area contributed by atoms with Gasteiger partial charge >= 0.3 is 5.97 Å². The first kappa shape index (κ1) is 22.3. The third kappa shape index (κ3) is 7.16. The van der Waals surface area contributed by atoms with Crippen LogP contribution in [0.3, 0.4) is 0 Å². The van der Waals surface area contributed by atoms with Crippen molar-refractivity contribution >= 4 is 5.97 Å². The molecule has 1 N–H and O–H groups in total. The Balaban J connectivity index is 5.36. The van der Waals surface area contributed by atoms with Gasteiger partial charge in [0.05, 0.1) is 11.2 Å². The maximum Gasteiger partial charge on any atom is 0.342 e. The largest absolute Gasteiger partial charge is 0.479 e. The Labute approximate surface area is 140 Å². The summed E-state index contributed by atoms with van der Waals surface area (Å²) in [4.78, 5) is 33.7. The fourth-order valence-electron chi connectivity index (χ4n) is 1.73. The van der Waals surface area contributed by atoms with Crippen LogP contribution >= 0.6 is 0 Å². The summed E-state index contributed by atoms with van der Waals surface area (Å²) in [6, 6.07) is 0. The van der Waals surface area contributed by atoms with E-state index in [4.69, 9.17) is 19.6 Å². The van der Waals surface area contributed by atoms with E-state index in [-0.39, 0.29) is 6.42 Å². The van der Waals surface area contributed by atoms with Gasteiger partial charge in [-0.3, -0.25) is 0 Å². The predicted molar refractivity (Wildman–Crippen MR) is 87.8 cm³/mol. The molecule has 6 heteroatoms. The molecule has 6 nitrogen and oxygen atoms in total. The standard InChI is InChI=1S/C17H34O6/c1-9-12-13(20-22-16(7,8)10-2)17(11-3,14(18)19)23-21-15(4,5)6/h13H,9-12H2,1-8H3,(H,18,19). The maximum atomic E-state index is 11.9. The fourth-order valence-corrected chi connectivity index (χ4v) is 1.73. The molecule has 0 spiro atoms. The highest BCUT2D eigenvalue weighted by molar-refractivity contribution is 5.78. The first-order valence-electron chi connectivity index (χ1n) is 8.38. The van der Waals surface area contributed by atoms with Gasteiger partial charge in [-0.1, -0.05) is 27.2 Å². The van der Waals surface area contributed by atoms with Crippen molar-refractivity contribution in [3.8, 4) is 0 Å². The summed E-state index contributed by atoms with van der Waals surface area (Å²) in [5.41, 5.74) is -2.75. The molecule has 0 aliphatic carbocycles. The van der Waals surface area contributed by atoms with Gasteiger partial charge in [0.15, 0.2) is 0 Å². The van der Waals surface area contributed by atoms with Crippen molar-refractivity contribution in [3.05, 3.63) is 0 Å². The summed E-state index contributed by atoms with van der Waals surface area (Å²) in [7, 11) is 0. The molecule has 0 aromatic rings. The van der Waals surface area contributed by atoms with Crippen molar-refractivity contribution in [2.45, 2.75) is 104 Å². The van der Waals surface area contributed by atoms with Crippen LogP contribution in [0.25, 0.3) is 0 Å². The van der Waals surface area contributed by atoms with Crippen LogP contribution in [0.2, 0.25) is 0 Å². The molecule has 0 aromatic carbocycles. The van der Waals surface area contributed by atoms with Crippen LogP contribution in [-0.4, -0.2) is 34.0 Å². The summed E-state index contributed by atoms with van der Waals surface area (Å²) < 4.78 is 0. The Morgan fingerprint density at radius 1 is 0.957 bits per heavy atom. The van der Waals surface area contributed by atoms with E-state index in [2.05, 4.69) is 0 Å². The van der Waals surface area contributed by atoms with Crippen LogP contribution in [0, 0.1) is 0 Å². The molecule has 0 saturated heterocycles. The second-order valence-electron chi connectivity index (χ2n) is 7.40. The summed E-state index contributed by atoms with van der Waals surface area (Å²) in [5.74, 6) is -1.12. The lowest BCUT2D eigenvalue weighted by molar-refractivity contribution is -0.452. The van der Waals surface area contributed by atoms with Gasteiger partial charge in [-0.2, -0.15) is 0 Å². The Kier molecular flexibility index (Phi) is 8.70. The molecule has 0 radical (unpaired) electrons. The molecule has 2 atom stereocenters. The van der Waals surface area contributed by atoms with Gasteiger partial charge < -0.3 is 5.11 Å². The van der Waals surface area contributed by atoms with Crippen LogP contribution in [0.1, 0.15) is 81.1 Å². The minimum absolute atomic E-state index is 0.193. The molecule has 2 unspecified atom stereocenters. The van der Waals surface area contributed by atoms with Gasteiger partial charge in [0, 0.05) is 0 Å². The van der Waals surface area contributed by atoms with Crippen LogP contribution in [0.5, 0.6) is 0 Å². The van der Waals surface area contributed by atoms with E-state index in [0.29, 0.717) is 6.42 Å². The molecular weight excluding hydrogens is 300 g/mol.